The summed E-state index contributed by atoms with van der Waals surface area (Å²) in [5.74, 6) is -1.49. The Bertz CT molecular complexity index is 1140. The molecule has 0 aromatic heterocycles. The van der Waals surface area contributed by atoms with Crippen LogP contribution in [-0.4, -0.2) is 28.2 Å². The molecule has 0 unspecified atom stereocenters. The number of carbonyl (C=O) groups is 2. The molecule has 1 fully saturated rings. The molecule has 0 saturated carbocycles. The lowest BCUT2D eigenvalue weighted by atomic mass is 9.95. The molecule has 1 saturated heterocycles. The van der Waals surface area contributed by atoms with Crippen LogP contribution in [0.3, 0.4) is 0 Å². The van der Waals surface area contributed by atoms with E-state index in [4.69, 9.17) is 11.6 Å². The highest BCUT2D eigenvalue weighted by Crippen LogP contribution is 2.39. The normalized spacial score (nSPS) is 17.9. The number of carbonyl (C=O) groups excluding carboxylic acids is 2. The number of likely N-dealkylation sites (tertiary alicyclic amines) is 1. The van der Waals surface area contributed by atoms with Crippen LogP contribution in [0.25, 0.3) is 5.76 Å². The van der Waals surface area contributed by atoms with E-state index in [-0.39, 0.29) is 11.3 Å². The Kier molecular flexibility index (Phi) is 6.25. The highest BCUT2D eigenvalue weighted by Gasteiger charge is 2.45. The van der Waals surface area contributed by atoms with Crippen molar-refractivity contribution in [3.63, 3.8) is 0 Å². The quantitative estimate of drug-likeness (QED) is 0.277. The second-order valence-corrected chi connectivity index (χ2v) is 8.64. The molecule has 0 bridgehead atoms. The largest absolute Gasteiger partial charge is 0.507 e. The van der Waals surface area contributed by atoms with E-state index in [0.29, 0.717) is 23.6 Å². The van der Waals surface area contributed by atoms with Gasteiger partial charge in [0.05, 0.1) is 11.6 Å². The van der Waals surface area contributed by atoms with Gasteiger partial charge in [-0.1, -0.05) is 82.1 Å². The van der Waals surface area contributed by atoms with Crippen LogP contribution < -0.4 is 0 Å². The average Bonchev–Trinajstić information content (AvgIpc) is 3.04. The third kappa shape index (κ3) is 4.43. The molecule has 1 heterocycles. The maximum atomic E-state index is 13.0. The molecule has 3 aromatic carbocycles. The van der Waals surface area contributed by atoms with Gasteiger partial charge in [-0.2, -0.15) is 0 Å². The fraction of sp³-hybridized carbons (Fsp3) is 0.120. The van der Waals surface area contributed by atoms with E-state index in [1.807, 2.05) is 30.3 Å². The number of hydrogen-bond donors (Lipinski definition) is 1. The Morgan fingerprint density at radius 1 is 0.935 bits per heavy atom. The first-order valence-corrected chi connectivity index (χ1v) is 11.0. The summed E-state index contributed by atoms with van der Waals surface area (Å²) >= 11 is 9.42. The lowest BCUT2D eigenvalue weighted by molar-refractivity contribution is -0.139. The molecule has 0 aliphatic carbocycles. The van der Waals surface area contributed by atoms with Gasteiger partial charge in [-0.15, -0.1) is 0 Å². The molecule has 156 valence electrons. The zero-order valence-corrected chi connectivity index (χ0v) is 18.8. The summed E-state index contributed by atoms with van der Waals surface area (Å²) in [5.41, 5.74) is 2.34. The molecule has 1 N–H and O–H groups in total. The third-order valence-electron chi connectivity index (χ3n) is 5.33. The number of rotatable bonds is 5. The first kappa shape index (κ1) is 21.3. The molecule has 31 heavy (non-hydrogen) atoms. The number of benzene rings is 3. The van der Waals surface area contributed by atoms with Crippen LogP contribution in [0.1, 0.15) is 22.7 Å². The summed E-state index contributed by atoms with van der Waals surface area (Å²) in [7, 11) is 0. The smallest absolute Gasteiger partial charge is 0.295 e. The summed E-state index contributed by atoms with van der Waals surface area (Å²) in [6, 6.07) is 23.0. The summed E-state index contributed by atoms with van der Waals surface area (Å²) in [6.45, 7) is 0.346. The molecule has 0 radical (unpaired) electrons. The first-order valence-electron chi connectivity index (χ1n) is 9.79. The number of ketones is 1. The monoisotopic (exact) mass is 495 g/mol. The molecule has 4 rings (SSSR count). The summed E-state index contributed by atoms with van der Waals surface area (Å²) in [5, 5.41) is 11.6. The maximum Gasteiger partial charge on any atom is 0.295 e. The van der Waals surface area contributed by atoms with Crippen molar-refractivity contribution in [1.82, 2.24) is 4.90 Å². The van der Waals surface area contributed by atoms with Gasteiger partial charge < -0.3 is 10.0 Å². The maximum absolute atomic E-state index is 13.0. The molecule has 6 heteroatoms. The molecular weight excluding hydrogens is 478 g/mol. The Morgan fingerprint density at radius 3 is 2.23 bits per heavy atom. The second kappa shape index (κ2) is 9.08. The van der Waals surface area contributed by atoms with Gasteiger partial charge in [-0.3, -0.25) is 9.59 Å². The van der Waals surface area contributed by atoms with Crippen molar-refractivity contribution in [2.24, 2.45) is 0 Å². The van der Waals surface area contributed by atoms with E-state index in [0.717, 1.165) is 15.6 Å². The van der Waals surface area contributed by atoms with Crippen LogP contribution in [0.2, 0.25) is 5.02 Å². The van der Waals surface area contributed by atoms with Gasteiger partial charge >= 0.3 is 0 Å². The topological polar surface area (TPSA) is 57.6 Å². The fourth-order valence-electron chi connectivity index (χ4n) is 3.76. The molecule has 1 atom stereocenters. The van der Waals surface area contributed by atoms with Gasteiger partial charge in [0, 0.05) is 21.6 Å². The number of aliphatic hydroxyl groups is 1. The third-order valence-corrected chi connectivity index (χ3v) is 6.11. The van der Waals surface area contributed by atoms with Crippen LogP contribution in [0.5, 0.6) is 0 Å². The minimum Gasteiger partial charge on any atom is -0.507 e. The highest BCUT2D eigenvalue weighted by atomic mass is 79.9. The highest BCUT2D eigenvalue weighted by molar-refractivity contribution is 9.10. The zero-order chi connectivity index (χ0) is 22.0. The van der Waals surface area contributed by atoms with Crippen LogP contribution in [0, 0.1) is 0 Å². The number of hydrogen-bond acceptors (Lipinski definition) is 3. The molecule has 0 spiro atoms. The van der Waals surface area contributed by atoms with Crippen molar-refractivity contribution in [3.8, 4) is 0 Å². The van der Waals surface area contributed by atoms with Crippen molar-refractivity contribution in [2.75, 3.05) is 6.54 Å². The van der Waals surface area contributed by atoms with E-state index < -0.39 is 17.7 Å². The van der Waals surface area contributed by atoms with Gasteiger partial charge in [-0.05, 0) is 41.8 Å². The van der Waals surface area contributed by atoms with Crippen molar-refractivity contribution >= 4 is 45.0 Å². The lowest BCUT2D eigenvalue weighted by Gasteiger charge is -2.25. The summed E-state index contributed by atoms with van der Waals surface area (Å²) in [6.07, 6.45) is 0.594. The molecule has 3 aromatic rings. The van der Waals surface area contributed by atoms with Crippen molar-refractivity contribution in [2.45, 2.75) is 12.5 Å². The standard InChI is InChI=1S/C25H19BrClNO3/c26-19-10-6-18(7-11-19)23(29)21-22(17-8-12-20(27)13-9-17)28(25(31)24(21)30)15-14-16-4-2-1-3-5-16/h1-13,22,29H,14-15H2/t22-/m0/s1. The summed E-state index contributed by atoms with van der Waals surface area (Å²) < 4.78 is 0.849. The number of amides is 1. The lowest BCUT2D eigenvalue weighted by Crippen LogP contribution is -2.31. The van der Waals surface area contributed by atoms with Crippen LogP contribution in [0.4, 0.5) is 0 Å². The number of Topliss-reactive ketones (excluding diaryl/α,β-unsaturated/α-hetero) is 1. The minimum absolute atomic E-state index is 0.0858. The number of aliphatic hydroxyl groups excluding tert-OH is 1. The van der Waals surface area contributed by atoms with Gasteiger partial charge in [0.25, 0.3) is 11.7 Å². The SMILES string of the molecule is O=C1C(=O)N(CCc2ccccc2)[C@@H](c2ccc(Cl)cc2)C1=C(O)c1ccc(Br)cc1. The van der Waals surface area contributed by atoms with E-state index in [1.54, 1.807) is 48.5 Å². The fourth-order valence-corrected chi connectivity index (χ4v) is 4.15. The Hall–Kier alpha value is -2.89. The molecule has 1 aliphatic rings. The Balaban J connectivity index is 1.78. The molecule has 4 nitrogen and oxygen atoms in total. The summed E-state index contributed by atoms with van der Waals surface area (Å²) in [4.78, 5) is 27.5. The van der Waals surface area contributed by atoms with Crippen LogP contribution in [0.15, 0.2) is 88.9 Å². The van der Waals surface area contributed by atoms with Gasteiger partial charge in [-0.25, -0.2) is 0 Å². The first-order chi connectivity index (χ1) is 15.0. The predicted molar refractivity (Wildman–Crippen MR) is 125 cm³/mol. The average molecular weight is 497 g/mol. The number of nitrogens with zero attached hydrogens (tertiary/aromatic N) is 1. The van der Waals surface area contributed by atoms with E-state index in [1.165, 1.54) is 4.90 Å². The Labute approximate surface area is 193 Å². The van der Waals surface area contributed by atoms with Crippen molar-refractivity contribution in [3.05, 3.63) is 111 Å². The van der Waals surface area contributed by atoms with Gasteiger partial charge in [0.1, 0.15) is 5.76 Å². The molecule has 1 aliphatic heterocycles. The second-order valence-electron chi connectivity index (χ2n) is 7.29. The van der Waals surface area contributed by atoms with E-state index in [9.17, 15) is 14.7 Å². The minimum atomic E-state index is -0.690. The van der Waals surface area contributed by atoms with Crippen LogP contribution >= 0.6 is 27.5 Å². The van der Waals surface area contributed by atoms with E-state index >= 15 is 0 Å². The molecular formula is C25H19BrClNO3. The van der Waals surface area contributed by atoms with Crippen LogP contribution in [-0.2, 0) is 16.0 Å². The molecule has 1 amide bonds. The van der Waals surface area contributed by atoms with Crippen molar-refractivity contribution in [1.29, 1.82) is 0 Å². The van der Waals surface area contributed by atoms with Gasteiger partial charge in [0.15, 0.2) is 0 Å². The zero-order valence-electron chi connectivity index (χ0n) is 16.5. The number of halogens is 2. The van der Waals surface area contributed by atoms with Gasteiger partial charge in [0.2, 0.25) is 0 Å². The van der Waals surface area contributed by atoms with E-state index in [2.05, 4.69) is 15.9 Å². The van der Waals surface area contributed by atoms with Crippen molar-refractivity contribution < 1.29 is 14.7 Å². The Morgan fingerprint density at radius 2 is 1.58 bits per heavy atom. The predicted octanol–water partition coefficient (Wildman–Crippen LogP) is 5.77.